The standard InChI is InChI=1S/C8H16O2.C7H14O2.C6H14O.C6H14.C4H10O/c1-4-8-5-6(2)9-7(3)10-8;1-4-6(2)5-9-7(3)8;1-5-6(2,3)7-4;1-5-6(2,3)4;1-3-4(2)5/h6-8H,4-5H2,1-3H3;6H,4-5H2,1-3H3;5H2,1-4H3;5H2,1-4H3;4-5H,3H2,1-2H3. The molecule has 1 heterocycles. The Balaban J connectivity index is -0.000000188. The minimum Gasteiger partial charge on any atom is -0.466 e. The highest BCUT2D eigenvalue weighted by Gasteiger charge is 2.22. The Morgan fingerprint density at radius 3 is 1.62 bits per heavy atom. The Morgan fingerprint density at radius 2 is 1.41 bits per heavy atom. The summed E-state index contributed by atoms with van der Waals surface area (Å²) in [4.78, 5) is 10.2. The Kier molecular flexibility index (Phi) is 30.0. The van der Waals surface area contributed by atoms with E-state index in [2.05, 4.69) is 76.2 Å². The molecule has 0 saturated carbocycles. The lowest BCUT2D eigenvalue weighted by Gasteiger charge is -2.31. The van der Waals surface area contributed by atoms with Crippen molar-refractivity contribution in [1.82, 2.24) is 0 Å². The summed E-state index contributed by atoms with van der Waals surface area (Å²) in [6.45, 7) is 31.3. The summed E-state index contributed by atoms with van der Waals surface area (Å²) >= 11 is 0. The lowest BCUT2D eigenvalue weighted by molar-refractivity contribution is -0.229. The molecule has 0 bridgehead atoms. The second-order valence-electron chi connectivity index (χ2n) is 11.7. The van der Waals surface area contributed by atoms with E-state index in [1.165, 1.54) is 13.3 Å². The molecule has 1 aliphatic rings. The number of aliphatic hydroxyl groups is 1. The number of hydrogen-bond donors (Lipinski definition) is 1. The van der Waals surface area contributed by atoms with Gasteiger partial charge < -0.3 is 24.1 Å². The van der Waals surface area contributed by atoms with Crippen LogP contribution in [0.4, 0.5) is 0 Å². The molecular formula is C31H68O6. The van der Waals surface area contributed by atoms with Crippen molar-refractivity contribution in [2.45, 2.75) is 173 Å². The van der Waals surface area contributed by atoms with Crippen LogP contribution in [-0.4, -0.2) is 55.0 Å². The van der Waals surface area contributed by atoms with Gasteiger partial charge in [-0.05, 0) is 71.6 Å². The molecule has 5 atom stereocenters. The van der Waals surface area contributed by atoms with Crippen molar-refractivity contribution < 1.29 is 28.8 Å². The van der Waals surface area contributed by atoms with Crippen molar-refractivity contribution in [3.8, 4) is 0 Å². The molecule has 1 N–H and O–H groups in total. The fraction of sp³-hybridized carbons (Fsp3) is 0.968. The van der Waals surface area contributed by atoms with Gasteiger partial charge in [0.2, 0.25) is 0 Å². The van der Waals surface area contributed by atoms with Gasteiger partial charge in [-0.3, -0.25) is 4.79 Å². The third-order valence-electron chi connectivity index (χ3n) is 6.18. The average molecular weight is 537 g/mol. The monoisotopic (exact) mass is 537 g/mol. The number of rotatable bonds is 7. The van der Waals surface area contributed by atoms with Gasteiger partial charge in [-0.15, -0.1) is 0 Å². The van der Waals surface area contributed by atoms with Crippen molar-refractivity contribution in [3.63, 3.8) is 0 Å². The van der Waals surface area contributed by atoms with E-state index in [0.717, 1.165) is 32.1 Å². The van der Waals surface area contributed by atoms with Crippen molar-refractivity contribution in [3.05, 3.63) is 0 Å². The zero-order valence-electron chi connectivity index (χ0n) is 27.8. The molecule has 6 heteroatoms. The predicted molar refractivity (Wildman–Crippen MR) is 159 cm³/mol. The van der Waals surface area contributed by atoms with Crippen molar-refractivity contribution in [2.75, 3.05) is 13.7 Å². The molecule has 1 saturated heterocycles. The van der Waals surface area contributed by atoms with Crippen LogP contribution in [0.25, 0.3) is 0 Å². The highest BCUT2D eigenvalue weighted by molar-refractivity contribution is 5.65. The molecule has 1 fully saturated rings. The van der Waals surface area contributed by atoms with E-state index in [4.69, 9.17) is 24.1 Å². The number of ether oxygens (including phenoxy) is 4. The first-order chi connectivity index (χ1) is 16.8. The average Bonchev–Trinajstić information content (AvgIpc) is 2.82. The Bertz CT molecular complexity index is 469. The number of aliphatic hydroxyl groups excluding tert-OH is 1. The maximum absolute atomic E-state index is 10.2. The van der Waals surface area contributed by atoms with Crippen LogP contribution in [0.5, 0.6) is 0 Å². The van der Waals surface area contributed by atoms with Crippen molar-refractivity contribution in [2.24, 2.45) is 11.3 Å². The van der Waals surface area contributed by atoms with Crippen LogP contribution in [0, 0.1) is 11.3 Å². The van der Waals surface area contributed by atoms with Crippen molar-refractivity contribution in [1.29, 1.82) is 0 Å². The van der Waals surface area contributed by atoms with E-state index < -0.39 is 0 Å². The van der Waals surface area contributed by atoms with Gasteiger partial charge in [-0.2, -0.15) is 0 Å². The first-order valence-corrected chi connectivity index (χ1v) is 14.5. The number of esters is 1. The summed E-state index contributed by atoms with van der Waals surface area (Å²) in [6, 6.07) is 0. The number of methoxy groups -OCH3 is 1. The first kappa shape index (κ1) is 43.4. The molecule has 0 aromatic rings. The van der Waals surface area contributed by atoms with Gasteiger partial charge in [0, 0.05) is 14.0 Å². The summed E-state index contributed by atoms with van der Waals surface area (Å²) in [5.41, 5.74) is 0.625. The summed E-state index contributed by atoms with van der Waals surface area (Å²) in [7, 11) is 1.74. The number of carbonyl (C=O) groups is 1. The largest absolute Gasteiger partial charge is 0.466 e. The third kappa shape index (κ3) is 40.0. The van der Waals surface area contributed by atoms with E-state index in [1.54, 1.807) is 14.0 Å². The Hall–Kier alpha value is -0.690. The van der Waals surface area contributed by atoms with E-state index in [0.29, 0.717) is 30.1 Å². The van der Waals surface area contributed by atoms with E-state index >= 15 is 0 Å². The zero-order valence-corrected chi connectivity index (χ0v) is 27.8. The molecule has 37 heavy (non-hydrogen) atoms. The second kappa shape index (κ2) is 25.6. The minimum absolute atomic E-state index is 0.00583. The van der Waals surface area contributed by atoms with Gasteiger partial charge in [-0.1, -0.05) is 75.2 Å². The predicted octanol–water partition coefficient (Wildman–Crippen LogP) is 8.57. The highest BCUT2D eigenvalue weighted by atomic mass is 16.7. The fourth-order valence-corrected chi connectivity index (χ4v) is 1.90. The molecule has 0 aliphatic carbocycles. The molecule has 0 aromatic carbocycles. The van der Waals surface area contributed by atoms with Crippen LogP contribution < -0.4 is 0 Å². The van der Waals surface area contributed by atoms with Gasteiger partial charge >= 0.3 is 5.97 Å². The summed E-state index contributed by atoms with van der Waals surface area (Å²) in [5, 5.41) is 8.36. The molecule has 0 aromatic heterocycles. The molecule has 0 amide bonds. The lowest BCUT2D eigenvalue weighted by Crippen LogP contribution is -2.34. The minimum atomic E-state index is -0.185. The molecule has 1 aliphatic heterocycles. The summed E-state index contributed by atoms with van der Waals surface area (Å²) < 4.78 is 20.7. The van der Waals surface area contributed by atoms with E-state index in [-0.39, 0.29) is 24.0 Å². The SMILES string of the molecule is CCC(C)(C)C.CCC(C)(C)OC.CCC(C)COC(C)=O.CCC(C)O.CCC1CC(C)OC(C)O1. The van der Waals surface area contributed by atoms with Gasteiger partial charge in [0.05, 0.1) is 30.5 Å². The van der Waals surface area contributed by atoms with Crippen LogP contribution in [0.3, 0.4) is 0 Å². The smallest absolute Gasteiger partial charge is 0.302 e. The molecule has 0 radical (unpaired) electrons. The summed E-state index contributed by atoms with van der Waals surface area (Å²) in [5.74, 6) is 0.309. The van der Waals surface area contributed by atoms with Crippen LogP contribution >= 0.6 is 0 Å². The van der Waals surface area contributed by atoms with E-state index in [9.17, 15) is 4.79 Å². The zero-order chi connectivity index (χ0) is 30.2. The molecule has 6 nitrogen and oxygen atoms in total. The maximum Gasteiger partial charge on any atom is 0.302 e. The first-order valence-electron chi connectivity index (χ1n) is 14.5. The molecular weight excluding hydrogens is 468 g/mol. The molecule has 0 spiro atoms. The Morgan fingerprint density at radius 1 is 0.946 bits per heavy atom. The third-order valence-corrected chi connectivity index (χ3v) is 6.18. The Labute approximate surface area is 232 Å². The van der Waals surface area contributed by atoms with Gasteiger partial charge in [0.15, 0.2) is 6.29 Å². The topological polar surface area (TPSA) is 74.2 Å². The fourth-order valence-electron chi connectivity index (χ4n) is 1.90. The maximum atomic E-state index is 10.2. The van der Waals surface area contributed by atoms with Gasteiger partial charge in [0.1, 0.15) is 0 Å². The van der Waals surface area contributed by atoms with Crippen LogP contribution in [0.1, 0.15) is 142 Å². The highest BCUT2D eigenvalue weighted by Crippen LogP contribution is 2.19. The second-order valence-corrected chi connectivity index (χ2v) is 11.7. The lowest BCUT2D eigenvalue weighted by atomic mass is 9.94. The van der Waals surface area contributed by atoms with Crippen LogP contribution in [0.2, 0.25) is 0 Å². The number of hydrogen-bond acceptors (Lipinski definition) is 6. The normalized spacial score (nSPS) is 20.6. The van der Waals surface area contributed by atoms with E-state index in [1.807, 2.05) is 13.8 Å². The van der Waals surface area contributed by atoms with Gasteiger partial charge in [-0.25, -0.2) is 0 Å². The number of carbonyl (C=O) groups excluding carboxylic acids is 1. The molecule has 228 valence electrons. The molecule has 5 unspecified atom stereocenters. The van der Waals surface area contributed by atoms with Gasteiger partial charge in [0.25, 0.3) is 0 Å². The molecule has 1 rings (SSSR count). The summed E-state index contributed by atoms with van der Waals surface area (Å²) in [6.07, 6.45) is 7.07. The van der Waals surface area contributed by atoms with Crippen LogP contribution in [-0.2, 0) is 23.7 Å². The van der Waals surface area contributed by atoms with Crippen molar-refractivity contribution >= 4 is 5.97 Å². The quantitative estimate of drug-likeness (QED) is 0.328. The van der Waals surface area contributed by atoms with Crippen LogP contribution in [0.15, 0.2) is 0 Å².